The van der Waals surface area contributed by atoms with Gasteiger partial charge in [-0.25, -0.2) is 19.9 Å². The second-order valence-corrected chi connectivity index (χ2v) is 31.0. The van der Waals surface area contributed by atoms with Crippen molar-refractivity contribution in [3.8, 4) is 90.0 Å². The highest BCUT2D eigenvalue weighted by Crippen LogP contribution is 2.53. The maximum absolute atomic E-state index is 7.14. The van der Waals surface area contributed by atoms with Crippen molar-refractivity contribution in [1.29, 1.82) is 0 Å². The Morgan fingerprint density at radius 2 is 0.552 bits per heavy atom. The number of fused-ring (bicyclic) bond motifs is 14. The van der Waals surface area contributed by atoms with Crippen LogP contribution in [0, 0.1) is 0 Å². The molecule has 0 radical (unpaired) electrons. The lowest BCUT2D eigenvalue weighted by Gasteiger charge is -2.13. The van der Waals surface area contributed by atoms with Crippen molar-refractivity contribution in [2.45, 2.75) is 0 Å². The first-order valence-electron chi connectivity index (χ1n) is 39.2. The fourth-order valence-electron chi connectivity index (χ4n) is 20.1. The summed E-state index contributed by atoms with van der Waals surface area (Å²) in [6, 6.07) is 117. The summed E-state index contributed by atoms with van der Waals surface area (Å²) in [4.78, 5) is 22.9. The molecule has 12 heteroatoms. The third kappa shape index (κ3) is 7.99. The van der Waals surface area contributed by atoms with Crippen LogP contribution in [-0.2, 0) is 0 Å². The summed E-state index contributed by atoms with van der Waals surface area (Å²) >= 11 is 0. The van der Waals surface area contributed by atoms with Crippen molar-refractivity contribution in [1.82, 2.24) is 37.9 Å². The second-order valence-electron chi connectivity index (χ2n) is 31.0. The lowest BCUT2D eigenvalue weighted by Crippen LogP contribution is -2.03. The van der Waals surface area contributed by atoms with Gasteiger partial charge in [-0.05, 0) is 177 Å². The predicted molar refractivity (Wildman–Crippen MR) is 470 cm³/mol. The van der Waals surface area contributed by atoms with Crippen LogP contribution in [0.3, 0.4) is 0 Å². The van der Waals surface area contributed by atoms with Gasteiger partial charge in [-0.15, -0.1) is 0 Å². The zero-order valence-corrected chi connectivity index (χ0v) is 61.4. The van der Waals surface area contributed by atoms with Crippen molar-refractivity contribution in [3.63, 3.8) is 0 Å². The molecule has 0 N–H and O–H groups in total. The molecule has 12 aromatic heterocycles. The zero-order valence-electron chi connectivity index (χ0n) is 61.4. The van der Waals surface area contributed by atoms with E-state index in [1.54, 1.807) is 0 Å². The highest BCUT2D eigenvalue weighted by molar-refractivity contribution is 6.39. The Bertz CT molecular complexity index is 9080. The Labute approximate surface area is 655 Å². The number of rotatable bonds is 9. The molecule has 0 atom stereocenters. The summed E-state index contributed by atoms with van der Waals surface area (Å²) in [6.45, 7) is 0. The van der Waals surface area contributed by atoms with E-state index in [1.807, 2.05) is 12.1 Å². The van der Waals surface area contributed by atoms with Gasteiger partial charge in [-0.3, -0.25) is 9.13 Å². The van der Waals surface area contributed by atoms with E-state index < -0.39 is 0 Å². The Morgan fingerprint density at radius 3 is 1.12 bits per heavy atom. The largest absolute Gasteiger partial charge is 0.456 e. The molecule has 0 aliphatic heterocycles. The van der Waals surface area contributed by atoms with E-state index in [-0.39, 0.29) is 0 Å². The van der Waals surface area contributed by atoms with Gasteiger partial charge < -0.3 is 26.5 Å². The molecular weight excluding hydrogens is 1430 g/mol. The summed E-state index contributed by atoms with van der Waals surface area (Å²) in [5.74, 6) is 1.06. The Balaban J connectivity index is 0.623. The molecule has 0 aliphatic rings. The summed E-state index contributed by atoms with van der Waals surface area (Å²) in [6.07, 6.45) is 0. The van der Waals surface area contributed by atoms with Crippen LogP contribution < -0.4 is 0 Å². The molecule has 0 spiro atoms. The third-order valence-electron chi connectivity index (χ3n) is 25.0. The molecule has 116 heavy (non-hydrogen) atoms. The van der Waals surface area contributed by atoms with Crippen molar-refractivity contribution in [2.75, 3.05) is 0 Å². The van der Waals surface area contributed by atoms with Crippen LogP contribution in [0.1, 0.15) is 0 Å². The molecule has 12 nitrogen and oxygen atoms in total. The minimum Gasteiger partial charge on any atom is -0.456 e. The Morgan fingerprint density at radius 1 is 0.190 bits per heavy atom. The monoisotopic (exact) mass is 1480 g/mol. The molecule has 12 heterocycles. The third-order valence-corrected chi connectivity index (χ3v) is 25.0. The maximum atomic E-state index is 7.14. The van der Waals surface area contributed by atoms with Gasteiger partial charge in [0, 0.05) is 75.8 Å². The topological polar surface area (TPSA) is 123 Å². The Hall–Kier alpha value is -15.9. The molecule has 28 aromatic rings. The molecule has 534 valence electrons. The first-order chi connectivity index (χ1) is 57.5. The smallest absolute Gasteiger partial charge is 0.236 e. The maximum Gasteiger partial charge on any atom is 0.236 e. The minimum absolute atomic E-state index is 0.527. The fourth-order valence-corrected chi connectivity index (χ4v) is 20.1. The molecule has 0 saturated carbocycles. The van der Waals surface area contributed by atoms with Gasteiger partial charge in [-0.2, -0.15) is 0 Å². The SMILES string of the molecule is c1ccc(-c2ccc(-c3cccc(-c4nc(-n5c6ccc7oc8cccc9c8c7c6c6c5ccc5c7ccccc7n9c56)nc5c4oc4ccc(-c6ccc(-c7cc(-c8ccccc8)cc(-c8nc(-n9c%10ccc%11oc%12cccc%13c%12c%11c%10c%10c9ccc9c%11ccccc%11n%13c9%10)nc9c8oc8ccccc89)c7)cc6)cc45)c3)cc2)cc1. The highest BCUT2D eigenvalue weighted by Gasteiger charge is 2.32. The molecule has 28 rings (SSSR count). The van der Waals surface area contributed by atoms with E-state index >= 15 is 0 Å². The normalized spacial score (nSPS) is 12.7. The van der Waals surface area contributed by atoms with E-state index in [9.17, 15) is 0 Å². The van der Waals surface area contributed by atoms with Crippen LogP contribution in [0.15, 0.2) is 345 Å². The first-order valence-corrected chi connectivity index (χ1v) is 39.2. The standard InChI is InChI=1S/C104H54N8O4/c1-3-16-55(17-4-1)57-32-34-58(35-33-57)61-20-13-21-63(50-61)95-101-98(108-103(105-95)111-77-45-48-85-93-87-75(27-14-30-83(87)113-85)109-73-25-10-7-22-67(73)69-41-43-79(111)91(89(77)93)99(69)109)72-54-62(40-47-82(72)116-101)59-36-38-60(39-37-59)65-51-64(56-18-5-2-6-19-56)52-66(53-65)96-102-97(71-24-9-12-29-81(71)115-102)107-104(106-96)112-78-46-49-86-94-88-76(28-15-31-84(88)114-86)110-74-26-11-8-23-68(74)70-42-44-80(112)92(90(78)94)100(70)110/h1-54H. The van der Waals surface area contributed by atoms with Crippen LogP contribution in [0.4, 0.5) is 0 Å². The average molecular weight is 1480 g/mol. The summed E-state index contributed by atoms with van der Waals surface area (Å²) in [5.41, 5.74) is 32.0. The lowest BCUT2D eigenvalue weighted by atomic mass is 9.93. The van der Waals surface area contributed by atoms with Crippen LogP contribution in [0.2, 0.25) is 0 Å². The number of hydrogen-bond acceptors (Lipinski definition) is 8. The molecule has 0 unspecified atom stereocenters. The van der Waals surface area contributed by atoms with Crippen molar-refractivity contribution in [3.05, 3.63) is 328 Å². The fraction of sp³-hybridized carbons (Fsp3) is 0. The number of hydrogen-bond donors (Lipinski definition) is 0. The van der Waals surface area contributed by atoms with Crippen molar-refractivity contribution >= 4 is 186 Å². The lowest BCUT2D eigenvalue weighted by molar-refractivity contribution is 0.666. The van der Waals surface area contributed by atoms with Gasteiger partial charge in [0.25, 0.3) is 0 Å². The Kier molecular flexibility index (Phi) is 11.5. The minimum atomic E-state index is 0.527. The van der Waals surface area contributed by atoms with E-state index in [0.29, 0.717) is 45.6 Å². The van der Waals surface area contributed by atoms with Crippen molar-refractivity contribution in [2.24, 2.45) is 0 Å². The summed E-state index contributed by atoms with van der Waals surface area (Å²) < 4.78 is 37.1. The van der Waals surface area contributed by atoms with Crippen LogP contribution in [0.5, 0.6) is 0 Å². The number of furan rings is 4. The van der Waals surface area contributed by atoms with Crippen molar-refractivity contribution < 1.29 is 17.7 Å². The van der Waals surface area contributed by atoms with Crippen LogP contribution in [-0.4, -0.2) is 37.9 Å². The van der Waals surface area contributed by atoms with Gasteiger partial charge in [0.2, 0.25) is 11.9 Å². The van der Waals surface area contributed by atoms with Gasteiger partial charge in [0.15, 0.2) is 11.2 Å². The second kappa shape index (κ2) is 22.0. The van der Waals surface area contributed by atoms with Gasteiger partial charge in [0.05, 0.1) is 65.9 Å². The molecule has 0 aliphatic carbocycles. The predicted octanol–water partition coefficient (Wildman–Crippen LogP) is 27.6. The van der Waals surface area contributed by atoms with Crippen LogP contribution >= 0.6 is 0 Å². The highest BCUT2D eigenvalue weighted by atomic mass is 16.3. The van der Waals surface area contributed by atoms with E-state index in [2.05, 4.69) is 333 Å². The summed E-state index contributed by atoms with van der Waals surface area (Å²) in [5, 5.41) is 15.3. The number of benzene rings is 16. The van der Waals surface area contributed by atoms with Crippen LogP contribution in [0.25, 0.3) is 276 Å². The van der Waals surface area contributed by atoms with Gasteiger partial charge in [-0.1, -0.05) is 206 Å². The zero-order chi connectivity index (χ0) is 75.0. The number of para-hydroxylation sites is 3. The van der Waals surface area contributed by atoms with E-state index in [0.717, 1.165) is 204 Å². The van der Waals surface area contributed by atoms with Gasteiger partial charge >= 0.3 is 0 Å². The first kappa shape index (κ1) is 60.8. The molecule has 0 fully saturated rings. The average Bonchev–Trinajstić information content (AvgIpc) is 1.51. The molecule has 0 bridgehead atoms. The van der Waals surface area contributed by atoms with E-state index in [4.69, 9.17) is 37.6 Å². The number of aromatic nitrogens is 8. The molecule has 0 saturated heterocycles. The summed E-state index contributed by atoms with van der Waals surface area (Å²) in [7, 11) is 0. The van der Waals surface area contributed by atoms with E-state index in [1.165, 1.54) is 27.1 Å². The molecule has 0 amide bonds. The molecular formula is C104H54N8O4. The molecule has 16 aromatic carbocycles. The quantitative estimate of drug-likeness (QED) is 0.140. The number of nitrogens with zero attached hydrogens (tertiary/aromatic N) is 8. The van der Waals surface area contributed by atoms with Gasteiger partial charge in [0.1, 0.15) is 55.9 Å².